The first-order valence-electron chi connectivity index (χ1n) is 2.15. The average molecular weight is 201 g/mol. The number of hydrogen-bond donors (Lipinski definition) is 1. The number of nitrogens with zero attached hydrogens (tertiary/aromatic N) is 1. The first-order chi connectivity index (χ1) is 4.52. The van der Waals surface area contributed by atoms with E-state index in [2.05, 4.69) is 10.2 Å². The standard InChI is InChI=1S/C3H2Cl2N2O2S/c4-3-2(1-6-7-3)10(5,8)9/h1H,(H,6,7). The molecule has 0 fully saturated rings. The lowest BCUT2D eigenvalue weighted by Gasteiger charge is -1.86. The zero-order valence-corrected chi connectivity index (χ0v) is 6.83. The summed E-state index contributed by atoms with van der Waals surface area (Å²) in [4.78, 5) is -0.198. The van der Waals surface area contributed by atoms with Crippen LogP contribution >= 0.6 is 22.3 Å². The molecule has 0 saturated heterocycles. The fourth-order valence-electron chi connectivity index (χ4n) is 0.429. The van der Waals surface area contributed by atoms with Crippen molar-refractivity contribution < 1.29 is 8.42 Å². The quantitative estimate of drug-likeness (QED) is 0.689. The summed E-state index contributed by atoms with van der Waals surface area (Å²) < 4.78 is 21.1. The van der Waals surface area contributed by atoms with Gasteiger partial charge in [-0.1, -0.05) is 11.6 Å². The maximum absolute atomic E-state index is 10.5. The van der Waals surface area contributed by atoms with Crippen molar-refractivity contribution in [2.24, 2.45) is 0 Å². The molecule has 0 spiro atoms. The Hall–Kier alpha value is -0.260. The van der Waals surface area contributed by atoms with Crippen LogP contribution in [0.15, 0.2) is 11.1 Å². The van der Waals surface area contributed by atoms with Crippen LogP contribution in [0.2, 0.25) is 5.15 Å². The summed E-state index contributed by atoms with van der Waals surface area (Å²) >= 11 is 5.34. The van der Waals surface area contributed by atoms with Crippen LogP contribution in [0.25, 0.3) is 0 Å². The van der Waals surface area contributed by atoms with Crippen molar-refractivity contribution in [3.63, 3.8) is 0 Å². The lowest BCUT2D eigenvalue weighted by molar-refractivity contribution is 0.609. The van der Waals surface area contributed by atoms with Crippen LogP contribution in [0.1, 0.15) is 0 Å². The third-order valence-corrected chi connectivity index (χ3v) is 2.56. The van der Waals surface area contributed by atoms with Crippen molar-refractivity contribution in [3.8, 4) is 0 Å². The van der Waals surface area contributed by atoms with Crippen LogP contribution in [-0.4, -0.2) is 18.6 Å². The van der Waals surface area contributed by atoms with Crippen molar-refractivity contribution in [1.29, 1.82) is 0 Å². The first kappa shape index (κ1) is 7.84. The maximum Gasteiger partial charge on any atom is 0.265 e. The van der Waals surface area contributed by atoms with Gasteiger partial charge in [-0.3, -0.25) is 5.10 Å². The molecule has 56 valence electrons. The fraction of sp³-hybridized carbons (Fsp3) is 0. The van der Waals surface area contributed by atoms with Gasteiger partial charge in [0.25, 0.3) is 9.05 Å². The molecule has 1 N–H and O–H groups in total. The molecule has 4 nitrogen and oxygen atoms in total. The van der Waals surface area contributed by atoms with E-state index in [1.165, 1.54) is 0 Å². The van der Waals surface area contributed by atoms with Gasteiger partial charge in [0.1, 0.15) is 10.0 Å². The summed E-state index contributed by atoms with van der Waals surface area (Å²) in [6.45, 7) is 0. The van der Waals surface area contributed by atoms with E-state index < -0.39 is 9.05 Å². The average Bonchev–Trinajstić information content (AvgIpc) is 2.11. The highest BCUT2D eigenvalue weighted by Gasteiger charge is 2.15. The van der Waals surface area contributed by atoms with Gasteiger partial charge in [-0.15, -0.1) is 0 Å². The highest BCUT2D eigenvalue weighted by atomic mass is 35.7. The highest BCUT2D eigenvalue weighted by Crippen LogP contribution is 2.20. The highest BCUT2D eigenvalue weighted by molar-refractivity contribution is 8.13. The third-order valence-electron chi connectivity index (χ3n) is 0.824. The van der Waals surface area contributed by atoms with Crippen molar-refractivity contribution >= 4 is 31.3 Å². The predicted octanol–water partition coefficient (Wildman–Crippen LogP) is 0.991. The van der Waals surface area contributed by atoms with Gasteiger partial charge >= 0.3 is 0 Å². The second-order valence-corrected chi connectivity index (χ2v) is 4.40. The Morgan fingerprint density at radius 3 is 2.40 bits per heavy atom. The van der Waals surface area contributed by atoms with Gasteiger partial charge in [-0.2, -0.15) is 5.10 Å². The molecular weight excluding hydrogens is 199 g/mol. The molecule has 0 atom stereocenters. The summed E-state index contributed by atoms with van der Waals surface area (Å²) in [5.74, 6) is 0. The lowest BCUT2D eigenvalue weighted by Crippen LogP contribution is -1.87. The molecule has 0 amide bonds. The maximum atomic E-state index is 10.5. The number of H-pyrrole nitrogens is 1. The predicted molar refractivity (Wildman–Crippen MR) is 36.6 cm³/mol. The molecule has 0 aliphatic rings. The van der Waals surface area contributed by atoms with E-state index in [4.69, 9.17) is 22.3 Å². The van der Waals surface area contributed by atoms with Crippen LogP contribution in [0.5, 0.6) is 0 Å². The SMILES string of the molecule is O=S(=O)(Cl)c1cn[nH]c1Cl. The molecule has 0 aliphatic heterocycles. The van der Waals surface area contributed by atoms with Crippen LogP contribution in [0, 0.1) is 0 Å². The minimum Gasteiger partial charge on any atom is -0.266 e. The Kier molecular flexibility index (Phi) is 1.89. The summed E-state index contributed by atoms with van der Waals surface area (Å²) in [6.07, 6.45) is 1.05. The third kappa shape index (κ3) is 1.42. The van der Waals surface area contributed by atoms with Gasteiger partial charge < -0.3 is 0 Å². The van der Waals surface area contributed by atoms with E-state index in [0.29, 0.717) is 0 Å². The van der Waals surface area contributed by atoms with Crippen LogP contribution < -0.4 is 0 Å². The van der Waals surface area contributed by atoms with Crippen LogP contribution in [-0.2, 0) is 9.05 Å². The van der Waals surface area contributed by atoms with Gasteiger partial charge in [0.15, 0.2) is 0 Å². The lowest BCUT2D eigenvalue weighted by atomic mass is 10.7. The zero-order chi connectivity index (χ0) is 7.78. The van der Waals surface area contributed by atoms with Crippen molar-refractivity contribution in [1.82, 2.24) is 10.2 Å². The van der Waals surface area contributed by atoms with E-state index in [0.717, 1.165) is 6.20 Å². The molecule has 0 aromatic carbocycles. The van der Waals surface area contributed by atoms with E-state index in [1.54, 1.807) is 0 Å². The molecule has 1 heterocycles. The largest absolute Gasteiger partial charge is 0.266 e. The molecule has 0 radical (unpaired) electrons. The monoisotopic (exact) mass is 200 g/mol. The van der Waals surface area contributed by atoms with Crippen molar-refractivity contribution in [3.05, 3.63) is 11.3 Å². The van der Waals surface area contributed by atoms with E-state index in [1.807, 2.05) is 0 Å². The Labute approximate surface area is 66.6 Å². The van der Waals surface area contributed by atoms with Gasteiger partial charge in [0.05, 0.1) is 6.20 Å². The van der Waals surface area contributed by atoms with Crippen molar-refractivity contribution in [2.45, 2.75) is 4.90 Å². The minimum atomic E-state index is -3.74. The zero-order valence-electron chi connectivity index (χ0n) is 4.51. The summed E-state index contributed by atoms with van der Waals surface area (Å²) in [6, 6.07) is 0. The summed E-state index contributed by atoms with van der Waals surface area (Å²) in [5.41, 5.74) is 0. The number of hydrogen-bond acceptors (Lipinski definition) is 3. The second kappa shape index (κ2) is 2.41. The van der Waals surface area contributed by atoms with Gasteiger partial charge in [0, 0.05) is 10.7 Å². The molecule has 1 aromatic heterocycles. The smallest absolute Gasteiger partial charge is 0.265 e. The Bertz CT molecular complexity index is 330. The number of halogens is 2. The van der Waals surface area contributed by atoms with Crippen LogP contribution in [0.3, 0.4) is 0 Å². The minimum absolute atomic E-state index is 0.0741. The molecule has 1 aromatic rings. The van der Waals surface area contributed by atoms with Gasteiger partial charge in [-0.05, 0) is 0 Å². The molecule has 1 rings (SSSR count). The van der Waals surface area contributed by atoms with Gasteiger partial charge in [0.2, 0.25) is 0 Å². The van der Waals surface area contributed by atoms with E-state index in [9.17, 15) is 8.42 Å². The summed E-state index contributed by atoms with van der Waals surface area (Å²) in [5, 5.41) is 5.52. The van der Waals surface area contributed by atoms with Crippen molar-refractivity contribution in [2.75, 3.05) is 0 Å². The molecule has 0 aliphatic carbocycles. The number of rotatable bonds is 1. The molecule has 10 heavy (non-hydrogen) atoms. The number of nitrogens with one attached hydrogen (secondary N) is 1. The fourth-order valence-corrected chi connectivity index (χ4v) is 1.74. The van der Waals surface area contributed by atoms with E-state index in [-0.39, 0.29) is 10.0 Å². The topological polar surface area (TPSA) is 62.8 Å². The van der Waals surface area contributed by atoms with Crippen LogP contribution in [0.4, 0.5) is 0 Å². The first-order valence-corrected chi connectivity index (χ1v) is 4.84. The molecule has 0 saturated carbocycles. The molecule has 0 bridgehead atoms. The number of aromatic nitrogens is 2. The molecular formula is C3H2Cl2N2O2S. The van der Waals surface area contributed by atoms with E-state index >= 15 is 0 Å². The molecule has 7 heteroatoms. The Morgan fingerprint density at radius 1 is 1.60 bits per heavy atom. The Morgan fingerprint density at radius 2 is 2.20 bits per heavy atom. The number of aromatic amines is 1. The van der Waals surface area contributed by atoms with Gasteiger partial charge in [-0.25, -0.2) is 8.42 Å². The second-order valence-electron chi connectivity index (χ2n) is 1.49. The molecule has 0 unspecified atom stereocenters. The summed E-state index contributed by atoms with van der Waals surface area (Å²) in [7, 11) is 1.19. The Balaban J connectivity index is 3.32. The normalized spacial score (nSPS) is 11.8.